The van der Waals surface area contributed by atoms with E-state index in [9.17, 15) is 9.59 Å². The van der Waals surface area contributed by atoms with Crippen molar-refractivity contribution < 1.29 is 9.59 Å². The highest BCUT2D eigenvalue weighted by atomic mass is 16.2. The highest BCUT2D eigenvalue weighted by molar-refractivity contribution is 5.93. The summed E-state index contributed by atoms with van der Waals surface area (Å²) in [5, 5.41) is 2.56. The van der Waals surface area contributed by atoms with Crippen LogP contribution in [0.5, 0.6) is 0 Å². The molecule has 5 nitrogen and oxygen atoms in total. The van der Waals surface area contributed by atoms with E-state index in [4.69, 9.17) is 0 Å². The number of nitrogens with one attached hydrogen (secondary N) is 1. The van der Waals surface area contributed by atoms with Gasteiger partial charge in [0, 0.05) is 31.8 Å². The molecular formula is C15H25N3O2. The topological polar surface area (TPSA) is 62.3 Å². The third-order valence-electron chi connectivity index (χ3n) is 2.58. The van der Waals surface area contributed by atoms with E-state index < -0.39 is 0 Å². The molecule has 0 atom stereocenters. The molecule has 0 radical (unpaired) electrons. The normalized spacial score (nSPS) is 9.55. The van der Waals surface area contributed by atoms with E-state index in [1.807, 2.05) is 27.7 Å². The zero-order chi connectivity index (χ0) is 15.7. The Kier molecular flexibility index (Phi) is 8.20. The largest absolute Gasteiger partial charge is 0.355 e. The zero-order valence-corrected chi connectivity index (χ0v) is 13.2. The van der Waals surface area contributed by atoms with E-state index in [1.165, 1.54) is 0 Å². The van der Waals surface area contributed by atoms with Gasteiger partial charge < -0.3 is 10.2 Å². The van der Waals surface area contributed by atoms with Gasteiger partial charge in [-0.3, -0.25) is 14.6 Å². The molecule has 0 bridgehead atoms. The molecular weight excluding hydrogens is 254 g/mol. The van der Waals surface area contributed by atoms with Crippen molar-refractivity contribution in [2.75, 3.05) is 14.1 Å². The van der Waals surface area contributed by atoms with Crippen molar-refractivity contribution in [1.82, 2.24) is 15.2 Å². The van der Waals surface area contributed by atoms with Crippen LogP contribution >= 0.6 is 0 Å². The van der Waals surface area contributed by atoms with Crippen LogP contribution in [-0.2, 0) is 11.3 Å². The maximum atomic E-state index is 11.7. The van der Waals surface area contributed by atoms with Gasteiger partial charge in [0.2, 0.25) is 5.91 Å². The van der Waals surface area contributed by atoms with Gasteiger partial charge in [-0.2, -0.15) is 0 Å². The number of rotatable bonds is 4. The van der Waals surface area contributed by atoms with Crippen LogP contribution in [0.1, 0.15) is 43.7 Å². The molecule has 1 N–H and O–H groups in total. The van der Waals surface area contributed by atoms with Crippen LogP contribution in [-0.4, -0.2) is 35.8 Å². The van der Waals surface area contributed by atoms with E-state index in [-0.39, 0.29) is 17.7 Å². The van der Waals surface area contributed by atoms with Crippen molar-refractivity contribution in [3.63, 3.8) is 0 Å². The summed E-state index contributed by atoms with van der Waals surface area (Å²) in [6, 6.07) is 3.34. The minimum atomic E-state index is -0.156. The number of amides is 2. The van der Waals surface area contributed by atoms with Gasteiger partial charge in [0.25, 0.3) is 5.91 Å². The van der Waals surface area contributed by atoms with Gasteiger partial charge in [0.05, 0.1) is 12.2 Å². The molecule has 0 fully saturated rings. The maximum Gasteiger partial charge on any atom is 0.251 e. The molecule has 0 aliphatic rings. The SMILES string of the molecule is CC.CNC(=O)c1ccnc(CN(C)C(=O)C(C)C)c1. The molecule has 5 heteroatoms. The van der Waals surface area contributed by atoms with Gasteiger partial charge >= 0.3 is 0 Å². The van der Waals surface area contributed by atoms with Gasteiger partial charge in [-0.05, 0) is 12.1 Å². The first-order valence-electron chi connectivity index (χ1n) is 6.87. The molecule has 0 saturated heterocycles. The number of pyridine rings is 1. The molecule has 0 aliphatic heterocycles. The molecule has 0 aromatic carbocycles. The average molecular weight is 279 g/mol. The van der Waals surface area contributed by atoms with Crippen LogP contribution in [0, 0.1) is 5.92 Å². The fraction of sp³-hybridized carbons (Fsp3) is 0.533. The summed E-state index contributed by atoms with van der Waals surface area (Å²) < 4.78 is 0. The number of carbonyl (C=O) groups excluding carboxylic acids is 2. The molecule has 0 unspecified atom stereocenters. The summed E-state index contributed by atoms with van der Waals surface area (Å²) >= 11 is 0. The lowest BCUT2D eigenvalue weighted by molar-refractivity contribution is -0.133. The number of hydrogen-bond donors (Lipinski definition) is 1. The Labute approximate surface area is 121 Å². The van der Waals surface area contributed by atoms with Gasteiger partial charge in [0.1, 0.15) is 0 Å². The molecule has 20 heavy (non-hydrogen) atoms. The van der Waals surface area contributed by atoms with Crippen LogP contribution in [0.25, 0.3) is 0 Å². The zero-order valence-electron chi connectivity index (χ0n) is 13.2. The predicted octanol–water partition coefficient (Wildman–Crippen LogP) is 2.08. The fourth-order valence-corrected chi connectivity index (χ4v) is 1.61. The molecule has 1 heterocycles. The second kappa shape index (κ2) is 9.07. The third-order valence-corrected chi connectivity index (χ3v) is 2.58. The number of nitrogens with zero attached hydrogens (tertiary/aromatic N) is 2. The van der Waals surface area contributed by atoms with Crippen molar-refractivity contribution in [3.8, 4) is 0 Å². The predicted molar refractivity (Wildman–Crippen MR) is 80.3 cm³/mol. The second-order valence-electron chi connectivity index (χ2n) is 4.46. The Balaban J connectivity index is 0.00000172. The van der Waals surface area contributed by atoms with E-state index in [0.717, 1.165) is 0 Å². The van der Waals surface area contributed by atoms with Gasteiger partial charge in [0.15, 0.2) is 0 Å². The van der Waals surface area contributed by atoms with E-state index in [1.54, 1.807) is 37.3 Å². The summed E-state index contributed by atoms with van der Waals surface area (Å²) in [6.07, 6.45) is 1.58. The lowest BCUT2D eigenvalue weighted by Gasteiger charge is -2.19. The third kappa shape index (κ3) is 5.38. The standard InChI is InChI=1S/C13H19N3O2.C2H6/c1-9(2)13(18)16(4)8-11-7-10(5-6-15-11)12(17)14-3;1-2/h5-7,9H,8H2,1-4H3,(H,14,17);1-2H3. The molecule has 1 aromatic heterocycles. The van der Waals surface area contributed by atoms with Gasteiger partial charge in [-0.25, -0.2) is 0 Å². The van der Waals surface area contributed by atoms with Crippen molar-refractivity contribution in [3.05, 3.63) is 29.6 Å². The molecule has 2 amide bonds. The average Bonchev–Trinajstić information content (AvgIpc) is 2.47. The highest BCUT2D eigenvalue weighted by Crippen LogP contribution is 2.07. The summed E-state index contributed by atoms with van der Waals surface area (Å²) in [6.45, 7) is 8.11. The van der Waals surface area contributed by atoms with Crippen LogP contribution in [0.4, 0.5) is 0 Å². The minimum Gasteiger partial charge on any atom is -0.355 e. The van der Waals surface area contributed by atoms with Crippen LogP contribution < -0.4 is 5.32 Å². The molecule has 1 aromatic rings. The lowest BCUT2D eigenvalue weighted by atomic mass is 10.1. The lowest BCUT2D eigenvalue weighted by Crippen LogP contribution is -2.30. The molecule has 0 saturated carbocycles. The molecule has 0 aliphatic carbocycles. The van der Waals surface area contributed by atoms with Crippen molar-refractivity contribution in [1.29, 1.82) is 0 Å². The molecule has 112 valence electrons. The Morgan fingerprint density at radius 1 is 1.35 bits per heavy atom. The summed E-state index contributed by atoms with van der Waals surface area (Å²) in [4.78, 5) is 29.0. The number of carbonyl (C=O) groups is 2. The number of hydrogen-bond acceptors (Lipinski definition) is 3. The summed E-state index contributed by atoms with van der Waals surface area (Å²) in [7, 11) is 3.31. The Hall–Kier alpha value is -1.91. The highest BCUT2D eigenvalue weighted by Gasteiger charge is 2.14. The van der Waals surface area contributed by atoms with Crippen molar-refractivity contribution in [2.45, 2.75) is 34.2 Å². The Bertz CT molecular complexity index is 444. The summed E-state index contributed by atoms with van der Waals surface area (Å²) in [5.74, 6) is -0.143. The smallest absolute Gasteiger partial charge is 0.251 e. The molecule has 1 rings (SSSR count). The van der Waals surface area contributed by atoms with Crippen LogP contribution in [0.15, 0.2) is 18.3 Å². The van der Waals surface area contributed by atoms with E-state index in [0.29, 0.717) is 17.8 Å². The maximum absolute atomic E-state index is 11.7. The van der Waals surface area contributed by atoms with Gasteiger partial charge in [-0.1, -0.05) is 27.7 Å². The first-order valence-corrected chi connectivity index (χ1v) is 6.87. The number of aromatic nitrogens is 1. The Morgan fingerprint density at radius 3 is 2.45 bits per heavy atom. The van der Waals surface area contributed by atoms with E-state index >= 15 is 0 Å². The summed E-state index contributed by atoms with van der Waals surface area (Å²) in [5.41, 5.74) is 1.25. The van der Waals surface area contributed by atoms with Crippen molar-refractivity contribution >= 4 is 11.8 Å². The quantitative estimate of drug-likeness (QED) is 0.918. The first-order chi connectivity index (χ1) is 9.45. The Morgan fingerprint density at radius 2 is 1.95 bits per heavy atom. The second-order valence-corrected chi connectivity index (χ2v) is 4.46. The fourth-order valence-electron chi connectivity index (χ4n) is 1.61. The molecule has 0 spiro atoms. The van der Waals surface area contributed by atoms with Crippen LogP contribution in [0.3, 0.4) is 0 Å². The van der Waals surface area contributed by atoms with Crippen LogP contribution in [0.2, 0.25) is 0 Å². The monoisotopic (exact) mass is 279 g/mol. The van der Waals surface area contributed by atoms with Crippen molar-refractivity contribution in [2.24, 2.45) is 5.92 Å². The van der Waals surface area contributed by atoms with E-state index in [2.05, 4.69) is 10.3 Å². The van der Waals surface area contributed by atoms with Gasteiger partial charge in [-0.15, -0.1) is 0 Å². The minimum absolute atomic E-state index is 0.0443. The first kappa shape index (κ1) is 18.1.